The normalized spacial score (nSPS) is 10.7. The van der Waals surface area contributed by atoms with Crippen molar-refractivity contribution in [2.24, 2.45) is 0 Å². The van der Waals surface area contributed by atoms with Gasteiger partial charge >= 0.3 is 0 Å². The average molecular weight is 255 g/mol. The van der Waals surface area contributed by atoms with E-state index in [0.29, 0.717) is 5.03 Å². The molecule has 2 aromatic carbocycles. The number of hydrogen-bond donors (Lipinski definition) is 0. The van der Waals surface area contributed by atoms with Gasteiger partial charge < -0.3 is 0 Å². The van der Waals surface area contributed by atoms with E-state index in [2.05, 4.69) is 29.2 Å². The molecule has 0 bridgehead atoms. The molecule has 1 heterocycles. The van der Waals surface area contributed by atoms with Crippen molar-refractivity contribution in [3.8, 4) is 0 Å². The fraction of sp³-hybridized carbons (Fsp3) is 0. The second-order valence-corrected chi connectivity index (χ2v) is 5.00. The molecule has 0 aliphatic heterocycles. The summed E-state index contributed by atoms with van der Waals surface area (Å²) in [6.45, 7) is 0. The Hall–Kier alpha value is -1.87. The summed E-state index contributed by atoms with van der Waals surface area (Å²) in [5.74, 6) is -0.444. The van der Waals surface area contributed by atoms with Crippen LogP contribution in [0.3, 0.4) is 0 Å². The van der Waals surface area contributed by atoms with Crippen LogP contribution in [0.2, 0.25) is 0 Å². The van der Waals surface area contributed by atoms with Gasteiger partial charge in [-0.05, 0) is 35.0 Å². The maximum atomic E-state index is 13.0. The number of rotatable bonds is 2. The minimum atomic E-state index is -0.444. The van der Waals surface area contributed by atoms with Crippen molar-refractivity contribution in [1.82, 2.24) is 4.98 Å². The van der Waals surface area contributed by atoms with Crippen LogP contribution < -0.4 is 0 Å². The largest absolute Gasteiger partial charge is 0.213 e. The number of nitrogens with zero attached hydrogens (tertiary/aromatic N) is 1. The van der Waals surface area contributed by atoms with Crippen molar-refractivity contribution in [3.05, 3.63) is 66.6 Å². The predicted molar refractivity (Wildman–Crippen MR) is 72.3 cm³/mol. The van der Waals surface area contributed by atoms with Crippen molar-refractivity contribution in [2.75, 3.05) is 0 Å². The maximum Gasteiger partial charge on any atom is 0.213 e. The van der Waals surface area contributed by atoms with Crippen LogP contribution in [0.4, 0.5) is 4.39 Å². The third kappa shape index (κ3) is 2.36. The molecule has 1 aromatic heterocycles. The number of benzene rings is 2. The Bertz CT molecular complexity index is 697. The molecule has 3 rings (SSSR count). The first-order chi connectivity index (χ1) is 8.81. The van der Waals surface area contributed by atoms with Crippen molar-refractivity contribution in [1.29, 1.82) is 0 Å². The summed E-state index contributed by atoms with van der Waals surface area (Å²) in [4.78, 5) is 4.91. The van der Waals surface area contributed by atoms with E-state index in [9.17, 15) is 4.39 Å². The van der Waals surface area contributed by atoms with E-state index in [1.165, 1.54) is 28.6 Å². The van der Waals surface area contributed by atoms with Gasteiger partial charge in [-0.2, -0.15) is 4.39 Å². The SMILES string of the molecule is Fc1cccc(Sc2ccc3ccccc3c2)n1. The van der Waals surface area contributed by atoms with Crippen LogP contribution in [0.15, 0.2) is 70.6 Å². The molecule has 0 atom stereocenters. The van der Waals surface area contributed by atoms with E-state index >= 15 is 0 Å². The van der Waals surface area contributed by atoms with Gasteiger partial charge in [0, 0.05) is 4.90 Å². The summed E-state index contributed by atoms with van der Waals surface area (Å²) in [6, 6.07) is 19.2. The molecule has 0 spiro atoms. The average Bonchev–Trinajstić information content (AvgIpc) is 2.39. The van der Waals surface area contributed by atoms with Gasteiger partial charge in [-0.15, -0.1) is 0 Å². The zero-order valence-electron chi connectivity index (χ0n) is 9.51. The Morgan fingerprint density at radius 3 is 2.50 bits per heavy atom. The van der Waals surface area contributed by atoms with Gasteiger partial charge in [-0.1, -0.05) is 48.2 Å². The number of halogens is 1. The molecule has 0 aliphatic carbocycles. The molecule has 18 heavy (non-hydrogen) atoms. The summed E-state index contributed by atoms with van der Waals surface area (Å²) in [6.07, 6.45) is 0. The summed E-state index contributed by atoms with van der Waals surface area (Å²) in [5.41, 5.74) is 0. The van der Waals surface area contributed by atoms with Crippen LogP contribution in [-0.4, -0.2) is 4.98 Å². The Kier molecular flexibility index (Phi) is 2.99. The van der Waals surface area contributed by atoms with E-state index in [1.807, 2.05) is 24.3 Å². The van der Waals surface area contributed by atoms with Crippen LogP contribution in [0, 0.1) is 5.95 Å². The highest BCUT2D eigenvalue weighted by atomic mass is 32.2. The lowest BCUT2D eigenvalue weighted by Crippen LogP contribution is -1.84. The number of pyridine rings is 1. The van der Waals surface area contributed by atoms with Gasteiger partial charge in [0.15, 0.2) is 0 Å². The predicted octanol–water partition coefficient (Wildman–Crippen LogP) is 4.53. The lowest BCUT2D eigenvalue weighted by molar-refractivity contribution is 0.572. The molecule has 88 valence electrons. The zero-order valence-corrected chi connectivity index (χ0v) is 10.3. The highest BCUT2D eigenvalue weighted by Gasteiger charge is 2.01. The molecule has 0 amide bonds. The summed E-state index contributed by atoms with van der Waals surface area (Å²) in [7, 11) is 0. The summed E-state index contributed by atoms with van der Waals surface area (Å²) >= 11 is 1.47. The molecule has 0 unspecified atom stereocenters. The lowest BCUT2D eigenvalue weighted by atomic mass is 10.1. The van der Waals surface area contributed by atoms with Gasteiger partial charge in [0.2, 0.25) is 5.95 Å². The molecule has 1 nitrogen and oxygen atoms in total. The van der Waals surface area contributed by atoms with E-state index in [-0.39, 0.29) is 0 Å². The van der Waals surface area contributed by atoms with Gasteiger partial charge in [0.25, 0.3) is 0 Å². The third-order valence-electron chi connectivity index (χ3n) is 2.63. The Morgan fingerprint density at radius 1 is 0.833 bits per heavy atom. The van der Waals surface area contributed by atoms with Crippen molar-refractivity contribution < 1.29 is 4.39 Å². The van der Waals surface area contributed by atoms with Crippen molar-refractivity contribution >= 4 is 22.5 Å². The highest BCUT2D eigenvalue weighted by molar-refractivity contribution is 7.99. The highest BCUT2D eigenvalue weighted by Crippen LogP contribution is 2.28. The molecule has 0 fully saturated rings. The number of hydrogen-bond acceptors (Lipinski definition) is 2. The molecular weight excluding hydrogens is 245 g/mol. The van der Waals surface area contributed by atoms with Crippen LogP contribution in [0.5, 0.6) is 0 Å². The number of fused-ring (bicyclic) bond motifs is 1. The first kappa shape index (κ1) is 11.2. The minimum Gasteiger partial charge on any atom is -0.213 e. The quantitative estimate of drug-likeness (QED) is 0.624. The molecule has 0 saturated heterocycles. The first-order valence-corrected chi connectivity index (χ1v) is 6.42. The van der Waals surface area contributed by atoms with E-state index in [4.69, 9.17) is 0 Å². The van der Waals surface area contributed by atoms with Gasteiger partial charge in [-0.3, -0.25) is 0 Å². The smallest absolute Gasteiger partial charge is 0.213 e. The van der Waals surface area contributed by atoms with Crippen LogP contribution in [0.25, 0.3) is 10.8 Å². The molecule has 3 heteroatoms. The van der Waals surface area contributed by atoms with Crippen molar-refractivity contribution in [2.45, 2.75) is 9.92 Å². The Morgan fingerprint density at radius 2 is 1.67 bits per heavy atom. The Labute approximate surface area is 109 Å². The second-order valence-electron chi connectivity index (χ2n) is 3.91. The third-order valence-corrected chi connectivity index (χ3v) is 3.56. The van der Waals surface area contributed by atoms with E-state index in [1.54, 1.807) is 6.07 Å². The van der Waals surface area contributed by atoms with Crippen molar-refractivity contribution in [3.63, 3.8) is 0 Å². The van der Waals surface area contributed by atoms with E-state index < -0.39 is 5.95 Å². The molecule has 3 aromatic rings. The van der Waals surface area contributed by atoms with Gasteiger partial charge in [-0.25, -0.2) is 4.98 Å². The monoisotopic (exact) mass is 255 g/mol. The maximum absolute atomic E-state index is 13.0. The van der Waals surface area contributed by atoms with Crippen LogP contribution >= 0.6 is 11.8 Å². The van der Waals surface area contributed by atoms with E-state index in [0.717, 1.165) is 4.90 Å². The first-order valence-electron chi connectivity index (χ1n) is 5.60. The van der Waals surface area contributed by atoms with Crippen LogP contribution in [0.1, 0.15) is 0 Å². The van der Waals surface area contributed by atoms with Gasteiger partial charge in [0.05, 0.1) is 0 Å². The standard InChI is InChI=1S/C15H10FNS/c16-14-6-3-7-15(17-14)18-13-9-8-11-4-1-2-5-12(11)10-13/h1-10H. The molecule has 0 N–H and O–H groups in total. The molecule has 0 radical (unpaired) electrons. The molecule has 0 saturated carbocycles. The summed E-state index contributed by atoms with van der Waals surface area (Å²) < 4.78 is 13.0. The summed E-state index contributed by atoms with van der Waals surface area (Å²) in [5, 5.41) is 3.05. The van der Waals surface area contributed by atoms with Gasteiger partial charge in [0.1, 0.15) is 5.03 Å². The second kappa shape index (κ2) is 4.78. The molecular formula is C15H10FNS. The fourth-order valence-corrected chi connectivity index (χ4v) is 2.64. The molecule has 0 aliphatic rings. The Balaban J connectivity index is 1.95. The minimum absolute atomic E-state index is 0.444. The lowest BCUT2D eigenvalue weighted by Gasteiger charge is -2.03. The topological polar surface area (TPSA) is 12.9 Å². The zero-order chi connectivity index (χ0) is 12.4. The van der Waals surface area contributed by atoms with Crippen LogP contribution in [-0.2, 0) is 0 Å². The fourth-order valence-electron chi connectivity index (χ4n) is 1.80. The number of aromatic nitrogens is 1.